The lowest BCUT2D eigenvalue weighted by molar-refractivity contribution is 0.483. The average Bonchev–Trinajstić information content (AvgIpc) is 3.96. The molecule has 0 amide bonds. The summed E-state index contributed by atoms with van der Waals surface area (Å²) in [7, 11) is 0. The zero-order chi connectivity index (χ0) is 44.9. The molecule has 3 heterocycles. The van der Waals surface area contributed by atoms with Crippen molar-refractivity contribution < 1.29 is 4.74 Å². The summed E-state index contributed by atoms with van der Waals surface area (Å²) in [6, 6.07) is 65.3. The molecule has 0 fully saturated rings. The summed E-state index contributed by atoms with van der Waals surface area (Å²) in [5.74, 6) is 2.40. The first-order chi connectivity index (χ1) is 31.3. The van der Waals surface area contributed by atoms with Gasteiger partial charge in [0.25, 0.3) is 0 Å². The minimum Gasteiger partial charge on any atom is -0.457 e. The van der Waals surface area contributed by atoms with Crippen LogP contribution in [0.3, 0.4) is 0 Å². The molecular weight excluding hydrogens is 793 g/mol. The zero-order valence-electron chi connectivity index (χ0n) is 38.5. The number of anilines is 2. The molecule has 0 aliphatic carbocycles. The molecule has 322 valence electrons. The topological polar surface area (TPSA) is 33.5 Å². The first kappa shape index (κ1) is 41.6. The Bertz CT molecular complexity index is 3190. The van der Waals surface area contributed by atoms with Crippen LogP contribution in [0.25, 0.3) is 38.8 Å². The normalized spacial score (nSPS) is 13.3. The molecule has 0 saturated carbocycles. The smallest absolute Gasteiger partial charge is 0.137 e. The van der Waals surface area contributed by atoms with Crippen LogP contribution in [0.5, 0.6) is 11.5 Å². The second kappa shape index (κ2) is 16.3. The molecule has 1 aliphatic rings. The van der Waals surface area contributed by atoms with E-state index in [1.165, 1.54) is 50.0 Å². The Kier molecular flexibility index (Phi) is 10.5. The van der Waals surface area contributed by atoms with Gasteiger partial charge in [0, 0.05) is 63.7 Å². The molecule has 0 spiro atoms. The molecule has 0 N–H and O–H groups in total. The Morgan fingerprint density at radius 1 is 0.431 bits per heavy atom. The van der Waals surface area contributed by atoms with Crippen LogP contribution in [0.4, 0.5) is 11.4 Å². The molecule has 5 nitrogen and oxygen atoms in total. The van der Waals surface area contributed by atoms with Crippen molar-refractivity contribution in [3.05, 3.63) is 228 Å². The molecular formula is C60H56N4O. The van der Waals surface area contributed by atoms with Gasteiger partial charge in [0.15, 0.2) is 0 Å². The van der Waals surface area contributed by atoms with Crippen LogP contribution < -0.4 is 14.5 Å². The van der Waals surface area contributed by atoms with Crippen molar-refractivity contribution in [2.45, 2.75) is 64.7 Å². The van der Waals surface area contributed by atoms with Crippen molar-refractivity contribution >= 4 is 33.2 Å². The van der Waals surface area contributed by atoms with Gasteiger partial charge in [-0.3, -0.25) is 4.57 Å². The van der Waals surface area contributed by atoms with Crippen molar-refractivity contribution in [1.82, 2.24) is 9.55 Å². The summed E-state index contributed by atoms with van der Waals surface area (Å²) in [5.41, 5.74) is 12.7. The van der Waals surface area contributed by atoms with E-state index in [0.29, 0.717) is 6.67 Å². The largest absolute Gasteiger partial charge is 0.457 e. The number of fused-ring (bicyclic) bond motifs is 3. The van der Waals surface area contributed by atoms with Gasteiger partial charge in [-0.05, 0) is 105 Å². The molecule has 0 radical (unpaired) electrons. The van der Waals surface area contributed by atoms with Crippen LogP contribution in [0.2, 0.25) is 0 Å². The number of pyridine rings is 1. The number of rotatable bonds is 10. The maximum Gasteiger partial charge on any atom is 0.137 e. The predicted octanol–water partition coefficient (Wildman–Crippen LogP) is 15.3. The van der Waals surface area contributed by atoms with E-state index >= 15 is 0 Å². The van der Waals surface area contributed by atoms with Crippen molar-refractivity contribution in [2.75, 3.05) is 16.5 Å². The van der Waals surface area contributed by atoms with E-state index in [1.54, 1.807) is 0 Å². The van der Waals surface area contributed by atoms with E-state index in [4.69, 9.17) is 9.72 Å². The van der Waals surface area contributed by atoms with Crippen LogP contribution >= 0.6 is 0 Å². The Morgan fingerprint density at radius 3 is 1.74 bits per heavy atom. The van der Waals surface area contributed by atoms with Gasteiger partial charge in [-0.1, -0.05) is 158 Å². The van der Waals surface area contributed by atoms with Crippen molar-refractivity contribution in [2.24, 2.45) is 0 Å². The van der Waals surface area contributed by atoms with E-state index in [9.17, 15) is 0 Å². The van der Waals surface area contributed by atoms with Crippen LogP contribution in [-0.4, -0.2) is 16.2 Å². The lowest BCUT2D eigenvalue weighted by atomic mass is 9.78. The number of hydrogen-bond donors (Lipinski definition) is 0. The molecule has 9 aromatic rings. The van der Waals surface area contributed by atoms with Gasteiger partial charge in [0.1, 0.15) is 17.3 Å². The Morgan fingerprint density at radius 2 is 1.06 bits per heavy atom. The number of aromatic nitrogens is 2. The molecule has 7 aromatic carbocycles. The van der Waals surface area contributed by atoms with E-state index in [2.05, 4.69) is 251 Å². The Labute approximate surface area is 383 Å². The van der Waals surface area contributed by atoms with Crippen molar-refractivity contribution in [3.8, 4) is 28.4 Å². The molecule has 0 unspecified atom stereocenters. The average molecular weight is 849 g/mol. The summed E-state index contributed by atoms with van der Waals surface area (Å²) < 4.78 is 9.08. The van der Waals surface area contributed by atoms with E-state index < -0.39 is 0 Å². The predicted molar refractivity (Wildman–Crippen MR) is 272 cm³/mol. The van der Waals surface area contributed by atoms with Crippen molar-refractivity contribution in [1.29, 1.82) is 0 Å². The fourth-order valence-electron chi connectivity index (χ4n) is 9.30. The molecule has 0 saturated heterocycles. The Hall–Kier alpha value is -7.37. The quantitative estimate of drug-likeness (QED) is 0.137. The molecule has 65 heavy (non-hydrogen) atoms. The summed E-state index contributed by atoms with van der Waals surface area (Å²) in [5, 5.41) is 2.33. The third kappa shape index (κ3) is 7.97. The van der Waals surface area contributed by atoms with Gasteiger partial charge in [-0.25, -0.2) is 4.98 Å². The van der Waals surface area contributed by atoms with Gasteiger partial charge in [0.05, 0.1) is 17.7 Å². The van der Waals surface area contributed by atoms with Gasteiger partial charge in [-0.15, -0.1) is 0 Å². The minimum atomic E-state index is -0.229. The highest BCUT2D eigenvalue weighted by Crippen LogP contribution is 2.41. The molecule has 2 aromatic heterocycles. The number of ether oxygens (including phenoxy) is 1. The summed E-state index contributed by atoms with van der Waals surface area (Å²) in [6.07, 6.45) is 6.28. The maximum atomic E-state index is 6.78. The highest BCUT2D eigenvalue weighted by molar-refractivity contribution is 6.10. The van der Waals surface area contributed by atoms with E-state index in [-0.39, 0.29) is 16.2 Å². The second-order valence-electron chi connectivity index (χ2n) is 19.5. The first-order valence-electron chi connectivity index (χ1n) is 22.7. The molecule has 1 aliphatic heterocycles. The molecule has 5 heteroatoms. The third-order valence-electron chi connectivity index (χ3n) is 13.5. The van der Waals surface area contributed by atoms with Crippen LogP contribution in [0, 0.1) is 0 Å². The lowest BCUT2D eigenvalue weighted by Gasteiger charge is -2.27. The standard InChI is InChI=1S/C60H56N4O/c1-58(2,3)48-34-43(42-18-11-8-12-19-42)35-50(36-48)63-33-32-62(41-63)49-24-17-25-51(39-49)65-52-27-28-53-54-37-46(59(4,5)44-20-13-9-14-21-44)26-29-55(54)64(56(53)40-52)57-38-47(30-31-61-57)60(6,7)45-22-15-10-16-23-45/h8-40H,41H2,1-7H3. The summed E-state index contributed by atoms with van der Waals surface area (Å²) >= 11 is 0. The van der Waals surface area contributed by atoms with Gasteiger partial charge < -0.3 is 14.5 Å². The first-order valence-corrected chi connectivity index (χ1v) is 22.7. The van der Waals surface area contributed by atoms with Crippen LogP contribution in [-0.2, 0) is 16.2 Å². The monoisotopic (exact) mass is 848 g/mol. The van der Waals surface area contributed by atoms with E-state index in [0.717, 1.165) is 39.4 Å². The number of hydrogen-bond acceptors (Lipinski definition) is 4. The number of benzene rings is 7. The van der Waals surface area contributed by atoms with Gasteiger partial charge in [0.2, 0.25) is 0 Å². The minimum absolute atomic E-state index is 0.00771. The maximum absolute atomic E-state index is 6.78. The fourth-order valence-corrected chi connectivity index (χ4v) is 9.30. The van der Waals surface area contributed by atoms with Gasteiger partial charge in [-0.2, -0.15) is 0 Å². The summed E-state index contributed by atoms with van der Waals surface area (Å²) in [6.45, 7) is 16.7. The third-order valence-corrected chi connectivity index (χ3v) is 13.5. The van der Waals surface area contributed by atoms with E-state index in [1.807, 2.05) is 12.3 Å². The second-order valence-corrected chi connectivity index (χ2v) is 19.5. The highest BCUT2D eigenvalue weighted by Gasteiger charge is 2.27. The number of nitrogens with zero attached hydrogens (tertiary/aromatic N) is 4. The highest BCUT2D eigenvalue weighted by atomic mass is 16.5. The molecule has 0 atom stereocenters. The molecule has 0 bridgehead atoms. The van der Waals surface area contributed by atoms with Gasteiger partial charge >= 0.3 is 0 Å². The molecule has 10 rings (SSSR count). The summed E-state index contributed by atoms with van der Waals surface area (Å²) in [4.78, 5) is 9.63. The van der Waals surface area contributed by atoms with Crippen LogP contribution in [0.1, 0.15) is 76.3 Å². The zero-order valence-corrected chi connectivity index (χ0v) is 38.5. The fraction of sp³-hybridized carbons (Fsp3) is 0.183. The Balaban J connectivity index is 0.997. The van der Waals surface area contributed by atoms with Crippen LogP contribution in [0.15, 0.2) is 201 Å². The lowest BCUT2D eigenvalue weighted by Crippen LogP contribution is -2.25. The van der Waals surface area contributed by atoms with Crippen molar-refractivity contribution in [3.63, 3.8) is 0 Å². The SMILES string of the molecule is CC(C)(C)c1cc(-c2ccccc2)cc(N2C=CN(c3cccc(Oc4ccc5c6cc(C(C)(C)c7ccccc7)ccc6n(-c6cc(C(C)(C)c7ccccc7)ccn6)c5c4)c3)C2)c1.